The molecule has 6 saturated heterocycles. The Hall–Kier alpha value is -1.70. The molecule has 316 valence electrons. The monoisotopic (exact) mass is 786 g/mol. The molecule has 0 aromatic rings. The first-order valence-corrected chi connectivity index (χ1v) is 21.9. The number of hydrogen-bond donors (Lipinski definition) is 3. The van der Waals surface area contributed by atoms with Gasteiger partial charge in [0.25, 0.3) is 0 Å². The number of fused-ring (bicyclic) bond motifs is 7. The highest BCUT2D eigenvalue weighted by Gasteiger charge is 2.66. The lowest BCUT2D eigenvalue weighted by Gasteiger charge is -2.50. The number of hydrogen-bond acceptors (Lipinski definition) is 11. The number of carbonyl (C=O) groups excluding carboxylic acids is 2. The van der Waals surface area contributed by atoms with Crippen LogP contribution in [0.3, 0.4) is 0 Å². The standard InChI is InChI=1S/C45H71NO10/c1-27-11-9-13-35(47)42(23-28(2)30(4)26-46)18-14-31(39(49)55-40(5,6)7)22-34(42)37-38-36(48)29(3)24-44(53-37,54-38)25-33-12-10-16-43(51-33)19-20-45(56-43)41(8,50)17-15-32(21-27)52-45/h22,28-30,32-34,36-38,48,50H,1,9-21,23-26,46H2,2-8H3/t28-,29+,30-,32-,33+,34+,36+,37-,38+,41+,42+,43+,44+,45+/m0/s1. The molecule has 1 aliphatic carbocycles. The Balaban J connectivity index is 1.30. The van der Waals surface area contributed by atoms with E-state index in [4.69, 9.17) is 34.2 Å². The van der Waals surface area contributed by atoms with Gasteiger partial charge in [0, 0.05) is 55.4 Å². The number of esters is 1. The highest BCUT2D eigenvalue weighted by molar-refractivity contribution is 5.91. The number of ketones is 1. The van der Waals surface area contributed by atoms with Crippen LogP contribution in [0.1, 0.15) is 151 Å². The second kappa shape index (κ2) is 15.4. The van der Waals surface area contributed by atoms with E-state index in [2.05, 4.69) is 20.4 Å². The summed E-state index contributed by atoms with van der Waals surface area (Å²) in [5.74, 6) is -3.85. The summed E-state index contributed by atoms with van der Waals surface area (Å²) in [6, 6.07) is 0. The fraction of sp³-hybridized carbons (Fsp3) is 0.867. The first kappa shape index (κ1) is 42.4. The van der Waals surface area contributed by atoms with Gasteiger partial charge in [-0.3, -0.25) is 4.79 Å². The van der Waals surface area contributed by atoms with Gasteiger partial charge in [-0.15, -0.1) is 0 Å². The average molecular weight is 786 g/mol. The molecule has 7 bridgehead atoms. The minimum Gasteiger partial charge on any atom is -0.457 e. The van der Waals surface area contributed by atoms with E-state index in [1.165, 1.54) is 0 Å². The zero-order chi connectivity index (χ0) is 40.5. The summed E-state index contributed by atoms with van der Waals surface area (Å²) < 4.78 is 40.7. The number of carbonyl (C=O) groups is 2. The lowest BCUT2D eigenvalue weighted by molar-refractivity contribution is -0.403. The molecule has 14 atom stereocenters. The fourth-order valence-corrected chi connectivity index (χ4v) is 11.4. The van der Waals surface area contributed by atoms with Crippen LogP contribution >= 0.6 is 0 Å². The molecule has 4 N–H and O–H groups in total. The Kier molecular flexibility index (Phi) is 11.7. The second-order valence-electron chi connectivity index (χ2n) is 20.4. The Bertz CT molecular complexity index is 1540. The number of ether oxygens (including phenoxy) is 6. The van der Waals surface area contributed by atoms with E-state index in [-0.39, 0.29) is 41.7 Å². The van der Waals surface area contributed by atoms with Crippen LogP contribution in [0.4, 0.5) is 0 Å². The molecule has 0 saturated carbocycles. The first-order chi connectivity index (χ1) is 26.2. The van der Waals surface area contributed by atoms with Crippen molar-refractivity contribution in [3.63, 3.8) is 0 Å². The molecule has 0 unspecified atom stereocenters. The Morgan fingerprint density at radius 3 is 2.43 bits per heavy atom. The summed E-state index contributed by atoms with van der Waals surface area (Å²) in [7, 11) is 0. The topological polar surface area (TPSA) is 156 Å². The van der Waals surface area contributed by atoms with Crippen LogP contribution in [-0.2, 0) is 38.0 Å². The summed E-state index contributed by atoms with van der Waals surface area (Å²) >= 11 is 0. The van der Waals surface area contributed by atoms with Crippen molar-refractivity contribution in [1.82, 2.24) is 0 Å². The van der Waals surface area contributed by atoms with Crippen LogP contribution in [-0.4, -0.2) is 87.6 Å². The third-order valence-electron chi connectivity index (χ3n) is 14.8. The van der Waals surface area contributed by atoms with Crippen LogP contribution in [0, 0.1) is 29.1 Å². The van der Waals surface area contributed by atoms with Gasteiger partial charge in [-0.1, -0.05) is 39.0 Å². The van der Waals surface area contributed by atoms with E-state index in [1.807, 2.05) is 40.7 Å². The summed E-state index contributed by atoms with van der Waals surface area (Å²) in [5.41, 5.74) is 5.01. The predicted octanol–water partition coefficient (Wildman–Crippen LogP) is 6.94. The van der Waals surface area contributed by atoms with Crippen molar-refractivity contribution in [3.05, 3.63) is 23.8 Å². The molecule has 3 spiro atoms. The van der Waals surface area contributed by atoms with Crippen LogP contribution < -0.4 is 5.73 Å². The molecule has 6 heterocycles. The predicted molar refractivity (Wildman–Crippen MR) is 210 cm³/mol. The zero-order valence-electron chi connectivity index (χ0n) is 35.2. The van der Waals surface area contributed by atoms with E-state index in [0.717, 1.165) is 18.4 Å². The first-order valence-electron chi connectivity index (χ1n) is 21.9. The minimum atomic E-state index is -1.19. The average Bonchev–Trinajstić information content (AvgIpc) is 3.63. The van der Waals surface area contributed by atoms with Gasteiger partial charge in [-0.05, 0) is 116 Å². The molecule has 0 radical (unpaired) electrons. The van der Waals surface area contributed by atoms with Gasteiger partial charge >= 0.3 is 5.97 Å². The summed E-state index contributed by atoms with van der Waals surface area (Å²) in [4.78, 5) is 29.0. The maximum Gasteiger partial charge on any atom is 0.334 e. The quantitative estimate of drug-likeness (QED) is 0.196. The maximum atomic E-state index is 15.2. The molecule has 0 amide bonds. The van der Waals surface area contributed by atoms with E-state index in [9.17, 15) is 15.0 Å². The molecule has 7 aliphatic rings. The molecule has 11 nitrogen and oxygen atoms in total. The molecule has 7 rings (SSSR count). The second-order valence-corrected chi connectivity index (χ2v) is 20.4. The van der Waals surface area contributed by atoms with Gasteiger partial charge in [-0.2, -0.15) is 0 Å². The Labute approximate surface area is 334 Å². The van der Waals surface area contributed by atoms with Crippen molar-refractivity contribution in [2.75, 3.05) is 6.54 Å². The lowest BCUT2D eigenvalue weighted by Crippen LogP contribution is -2.60. The molecule has 56 heavy (non-hydrogen) atoms. The van der Waals surface area contributed by atoms with Crippen LogP contribution in [0.25, 0.3) is 0 Å². The lowest BCUT2D eigenvalue weighted by atomic mass is 9.57. The molecule has 0 aromatic heterocycles. The SMILES string of the molecule is C=C1CCCC(=O)[C@@]2(C[C@H](C)[C@@H](C)CN)CCC(C(=O)OC(C)(C)C)=C[C@@H]2[C@@H]2O[C@]3(C[C@H]4CCC[C@@]5(CC[C@@]6(O[C@@H](CC[C@@]6(C)O)C1)O5)O4)C[C@@H](C)[C@@H](O)[C@H]2O3. The van der Waals surface area contributed by atoms with Crippen molar-refractivity contribution >= 4 is 11.8 Å². The van der Waals surface area contributed by atoms with E-state index >= 15 is 4.79 Å². The molecule has 11 heteroatoms. The van der Waals surface area contributed by atoms with E-state index in [1.54, 1.807) is 0 Å². The van der Waals surface area contributed by atoms with Crippen molar-refractivity contribution in [3.8, 4) is 0 Å². The molecule has 0 aromatic carbocycles. The maximum absolute atomic E-state index is 15.2. The molecular weight excluding hydrogens is 714 g/mol. The highest BCUT2D eigenvalue weighted by Crippen LogP contribution is 2.58. The number of Topliss-reactive ketones (excluding diaryl/α,β-unsaturated/α-hetero) is 1. The van der Waals surface area contributed by atoms with Crippen molar-refractivity contribution in [1.29, 1.82) is 0 Å². The molecular formula is C45H71NO10. The van der Waals surface area contributed by atoms with Crippen LogP contribution in [0.15, 0.2) is 23.8 Å². The van der Waals surface area contributed by atoms with Gasteiger partial charge in [0.05, 0.1) is 24.4 Å². The van der Waals surface area contributed by atoms with Gasteiger partial charge in [0.2, 0.25) is 5.79 Å². The normalized spacial score (nSPS) is 45.8. The smallest absolute Gasteiger partial charge is 0.334 e. The summed E-state index contributed by atoms with van der Waals surface area (Å²) in [6.45, 7) is 18.7. The number of rotatable bonds is 5. The number of aliphatic hydroxyl groups is 2. The van der Waals surface area contributed by atoms with Crippen LogP contribution in [0.2, 0.25) is 0 Å². The third kappa shape index (κ3) is 7.98. The Morgan fingerprint density at radius 1 is 0.946 bits per heavy atom. The number of nitrogens with two attached hydrogens (primary N) is 1. The van der Waals surface area contributed by atoms with Gasteiger partial charge in [0.15, 0.2) is 11.6 Å². The fourth-order valence-electron chi connectivity index (χ4n) is 11.4. The third-order valence-corrected chi connectivity index (χ3v) is 14.8. The summed E-state index contributed by atoms with van der Waals surface area (Å²) in [5, 5.41) is 23.6. The minimum absolute atomic E-state index is 0.106. The zero-order valence-corrected chi connectivity index (χ0v) is 35.2. The van der Waals surface area contributed by atoms with Crippen molar-refractivity contribution < 1.29 is 48.2 Å². The van der Waals surface area contributed by atoms with Gasteiger partial charge < -0.3 is 44.4 Å². The van der Waals surface area contributed by atoms with Crippen LogP contribution in [0.5, 0.6) is 0 Å². The molecule has 6 aliphatic heterocycles. The molecule has 6 fully saturated rings. The highest BCUT2D eigenvalue weighted by atomic mass is 16.8. The largest absolute Gasteiger partial charge is 0.457 e. The van der Waals surface area contributed by atoms with Crippen molar-refractivity contribution in [2.45, 2.75) is 210 Å². The number of aliphatic hydroxyl groups excluding tert-OH is 1. The van der Waals surface area contributed by atoms with Gasteiger partial charge in [0.1, 0.15) is 23.1 Å². The van der Waals surface area contributed by atoms with Crippen molar-refractivity contribution in [2.24, 2.45) is 34.8 Å². The Morgan fingerprint density at radius 2 is 1.70 bits per heavy atom. The summed E-state index contributed by atoms with van der Waals surface area (Å²) in [6.07, 6.45) is 8.51. The van der Waals surface area contributed by atoms with E-state index < -0.39 is 58.2 Å². The van der Waals surface area contributed by atoms with Gasteiger partial charge in [-0.25, -0.2) is 4.79 Å². The van der Waals surface area contributed by atoms with E-state index in [0.29, 0.717) is 102 Å².